The number of nitrogens with zero attached hydrogens (tertiary/aromatic N) is 1. The summed E-state index contributed by atoms with van der Waals surface area (Å²) in [5, 5.41) is 2.23. The van der Waals surface area contributed by atoms with Gasteiger partial charge in [0.15, 0.2) is 6.10 Å². The molecular weight excluding hydrogens is 208 g/mol. The Morgan fingerprint density at radius 1 is 1.44 bits per heavy atom. The summed E-state index contributed by atoms with van der Waals surface area (Å²) in [7, 11) is 0. The molecule has 0 radical (unpaired) electrons. The van der Waals surface area contributed by atoms with Crippen LogP contribution < -0.4 is 10.1 Å². The number of nitrogens with one attached hydrogen (secondary N) is 1. The van der Waals surface area contributed by atoms with Crippen LogP contribution in [0.1, 0.15) is 18.4 Å². The molecule has 5 nitrogen and oxygen atoms in total. The van der Waals surface area contributed by atoms with Crippen molar-refractivity contribution in [3.05, 3.63) is 23.9 Å². The number of hydrogen-bond acceptors (Lipinski definition) is 4. The number of imide groups is 1. The van der Waals surface area contributed by atoms with Crippen molar-refractivity contribution in [2.75, 3.05) is 0 Å². The molecule has 2 rings (SSSR count). The molecule has 1 saturated heterocycles. The number of rotatable bonds is 2. The molecule has 1 unspecified atom stereocenters. The highest BCUT2D eigenvalue weighted by atomic mass is 16.5. The van der Waals surface area contributed by atoms with Crippen molar-refractivity contribution in [3.63, 3.8) is 0 Å². The molecule has 2 heterocycles. The molecule has 1 aromatic rings. The second-order valence-corrected chi connectivity index (χ2v) is 3.73. The van der Waals surface area contributed by atoms with E-state index in [1.165, 1.54) is 0 Å². The smallest absolute Gasteiger partial charge is 0.267 e. The Labute approximate surface area is 92.8 Å². The van der Waals surface area contributed by atoms with Gasteiger partial charge in [-0.2, -0.15) is 0 Å². The first kappa shape index (κ1) is 10.6. The van der Waals surface area contributed by atoms with E-state index in [-0.39, 0.29) is 5.91 Å². The number of ether oxygens (including phenoxy) is 1. The Bertz CT molecular complexity index is 414. The molecule has 0 aromatic carbocycles. The summed E-state index contributed by atoms with van der Waals surface area (Å²) in [6, 6.07) is 3.56. The van der Waals surface area contributed by atoms with Crippen LogP contribution in [-0.4, -0.2) is 22.9 Å². The van der Waals surface area contributed by atoms with E-state index in [1.54, 1.807) is 12.3 Å². The van der Waals surface area contributed by atoms with E-state index in [4.69, 9.17) is 4.74 Å². The summed E-state index contributed by atoms with van der Waals surface area (Å²) in [5.74, 6) is -0.236. The molecule has 0 spiro atoms. The summed E-state index contributed by atoms with van der Waals surface area (Å²) in [4.78, 5) is 26.3. The number of hydrogen-bond donors (Lipinski definition) is 1. The predicted octanol–water partition coefficient (Wildman–Crippen LogP) is 0.574. The summed E-state index contributed by atoms with van der Waals surface area (Å²) < 4.78 is 5.40. The van der Waals surface area contributed by atoms with E-state index >= 15 is 0 Å². The van der Waals surface area contributed by atoms with Gasteiger partial charge >= 0.3 is 0 Å². The first-order valence-corrected chi connectivity index (χ1v) is 5.08. The first-order valence-electron chi connectivity index (χ1n) is 5.08. The zero-order valence-electron chi connectivity index (χ0n) is 8.90. The van der Waals surface area contributed by atoms with Gasteiger partial charge in [-0.1, -0.05) is 6.07 Å². The molecule has 1 aliphatic heterocycles. The Morgan fingerprint density at radius 3 is 2.88 bits per heavy atom. The quantitative estimate of drug-likeness (QED) is 0.740. The average molecular weight is 220 g/mol. The fraction of sp³-hybridized carbons (Fsp3) is 0.364. The van der Waals surface area contributed by atoms with Crippen molar-refractivity contribution in [2.45, 2.75) is 25.9 Å². The fourth-order valence-corrected chi connectivity index (χ4v) is 1.46. The minimum absolute atomic E-state index is 0.248. The molecule has 1 fully saturated rings. The van der Waals surface area contributed by atoms with Crippen LogP contribution in [0.2, 0.25) is 0 Å². The molecule has 16 heavy (non-hydrogen) atoms. The molecule has 0 saturated carbocycles. The molecule has 0 aliphatic carbocycles. The lowest BCUT2D eigenvalue weighted by atomic mass is 10.1. The molecule has 0 bridgehead atoms. The fourth-order valence-electron chi connectivity index (χ4n) is 1.46. The van der Waals surface area contributed by atoms with E-state index < -0.39 is 12.0 Å². The van der Waals surface area contributed by atoms with Crippen molar-refractivity contribution >= 4 is 11.8 Å². The number of carbonyl (C=O) groups excluding carboxylic acids is 2. The topological polar surface area (TPSA) is 68.3 Å². The number of pyridine rings is 1. The van der Waals surface area contributed by atoms with Gasteiger partial charge in [0, 0.05) is 25.1 Å². The number of aromatic nitrogens is 1. The van der Waals surface area contributed by atoms with Crippen LogP contribution in [0.3, 0.4) is 0 Å². The van der Waals surface area contributed by atoms with E-state index in [1.807, 2.05) is 13.0 Å². The molecule has 1 N–H and O–H groups in total. The van der Waals surface area contributed by atoms with Crippen LogP contribution in [0.4, 0.5) is 0 Å². The van der Waals surface area contributed by atoms with Crippen LogP contribution in [0.25, 0.3) is 0 Å². The predicted molar refractivity (Wildman–Crippen MR) is 55.8 cm³/mol. The van der Waals surface area contributed by atoms with E-state index in [2.05, 4.69) is 10.3 Å². The summed E-state index contributed by atoms with van der Waals surface area (Å²) in [6.45, 7) is 1.92. The SMILES string of the molecule is Cc1ccc(OC2CCC(=O)NC2=O)nc1. The van der Waals surface area contributed by atoms with E-state index in [0.29, 0.717) is 18.7 Å². The van der Waals surface area contributed by atoms with Crippen molar-refractivity contribution < 1.29 is 14.3 Å². The third kappa shape index (κ3) is 2.36. The lowest BCUT2D eigenvalue weighted by molar-refractivity contribution is -0.139. The van der Waals surface area contributed by atoms with Crippen molar-refractivity contribution in [1.82, 2.24) is 10.3 Å². The molecule has 1 atom stereocenters. The Hall–Kier alpha value is -1.91. The second-order valence-electron chi connectivity index (χ2n) is 3.73. The van der Waals surface area contributed by atoms with Gasteiger partial charge < -0.3 is 4.74 Å². The summed E-state index contributed by atoms with van der Waals surface area (Å²) in [6.07, 6.45) is 1.76. The van der Waals surface area contributed by atoms with Gasteiger partial charge in [0.05, 0.1) is 0 Å². The maximum atomic E-state index is 11.4. The standard InChI is InChI=1S/C11H12N2O3/c1-7-2-5-10(12-6-7)16-8-3-4-9(14)13-11(8)15/h2,5-6,8H,3-4H2,1H3,(H,13,14,15). The normalized spacial score (nSPS) is 20.4. The third-order valence-corrected chi connectivity index (χ3v) is 2.34. The van der Waals surface area contributed by atoms with Gasteiger partial charge in [0.1, 0.15) is 0 Å². The number of amides is 2. The maximum Gasteiger partial charge on any atom is 0.267 e. The van der Waals surface area contributed by atoms with Gasteiger partial charge in [0.2, 0.25) is 11.8 Å². The van der Waals surface area contributed by atoms with Gasteiger partial charge in [-0.25, -0.2) is 4.98 Å². The molecule has 2 amide bonds. The van der Waals surface area contributed by atoms with Crippen LogP contribution >= 0.6 is 0 Å². The minimum Gasteiger partial charge on any atom is -0.464 e. The molecular formula is C11H12N2O3. The summed E-state index contributed by atoms with van der Waals surface area (Å²) in [5.41, 5.74) is 1.02. The Kier molecular flexibility index (Phi) is 2.85. The number of piperidine rings is 1. The maximum absolute atomic E-state index is 11.4. The average Bonchev–Trinajstić information content (AvgIpc) is 2.25. The zero-order valence-corrected chi connectivity index (χ0v) is 8.90. The highest BCUT2D eigenvalue weighted by Gasteiger charge is 2.28. The van der Waals surface area contributed by atoms with E-state index in [9.17, 15) is 9.59 Å². The Morgan fingerprint density at radius 2 is 2.25 bits per heavy atom. The van der Waals surface area contributed by atoms with Crippen molar-refractivity contribution in [2.24, 2.45) is 0 Å². The minimum atomic E-state index is -0.618. The molecule has 1 aromatic heterocycles. The van der Waals surface area contributed by atoms with Crippen LogP contribution in [-0.2, 0) is 9.59 Å². The monoisotopic (exact) mass is 220 g/mol. The van der Waals surface area contributed by atoms with Crippen LogP contribution in [0.15, 0.2) is 18.3 Å². The lowest BCUT2D eigenvalue weighted by Crippen LogP contribution is -2.46. The van der Waals surface area contributed by atoms with Crippen LogP contribution in [0.5, 0.6) is 5.88 Å². The zero-order chi connectivity index (χ0) is 11.5. The van der Waals surface area contributed by atoms with E-state index in [0.717, 1.165) is 5.56 Å². The molecule has 1 aliphatic rings. The van der Waals surface area contributed by atoms with Crippen molar-refractivity contribution in [3.8, 4) is 5.88 Å². The van der Waals surface area contributed by atoms with Gasteiger partial charge in [-0.3, -0.25) is 14.9 Å². The number of aryl methyl sites for hydroxylation is 1. The largest absolute Gasteiger partial charge is 0.464 e. The first-order chi connectivity index (χ1) is 7.65. The van der Waals surface area contributed by atoms with Gasteiger partial charge in [-0.15, -0.1) is 0 Å². The number of carbonyl (C=O) groups is 2. The van der Waals surface area contributed by atoms with Gasteiger partial charge in [0.25, 0.3) is 5.91 Å². The highest BCUT2D eigenvalue weighted by Crippen LogP contribution is 2.14. The molecule has 5 heteroatoms. The highest BCUT2D eigenvalue weighted by molar-refractivity contribution is 5.99. The van der Waals surface area contributed by atoms with Gasteiger partial charge in [-0.05, 0) is 12.5 Å². The molecule has 84 valence electrons. The Balaban J connectivity index is 2.02. The summed E-state index contributed by atoms with van der Waals surface area (Å²) >= 11 is 0. The third-order valence-electron chi connectivity index (χ3n) is 2.34. The van der Waals surface area contributed by atoms with Crippen molar-refractivity contribution in [1.29, 1.82) is 0 Å². The van der Waals surface area contributed by atoms with Crippen LogP contribution in [0, 0.1) is 6.92 Å². The second kappa shape index (κ2) is 4.30. The lowest BCUT2D eigenvalue weighted by Gasteiger charge is -2.21.